The number of nitrogens with zero attached hydrogens (tertiary/aromatic N) is 1. The molecule has 0 radical (unpaired) electrons. The van der Waals surface area contributed by atoms with E-state index < -0.39 is 6.17 Å². The van der Waals surface area contributed by atoms with Crippen LogP contribution in [0.4, 0.5) is 0 Å². The molecule has 1 aliphatic heterocycles. The number of hydrogen-bond acceptors (Lipinski definition) is 4. The molecule has 1 unspecified atom stereocenters. The molecule has 130 valence electrons. The summed E-state index contributed by atoms with van der Waals surface area (Å²) in [5.74, 6) is -0.388. The van der Waals surface area contributed by atoms with Crippen molar-refractivity contribution < 1.29 is 14.3 Å². The number of morpholine rings is 1. The number of amides is 1. The lowest BCUT2D eigenvalue weighted by molar-refractivity contribution is 0.0111. The first kappa shape index (κ1) is 17.8. The number of ether oxygens (including phenoxy) is 1. The molecule has 1 fully saturated rings. The Hall–Kier alpha value is -2.02. The summed E-state index contributed by atoms with van der Waals surface area (Å²) in [7, 11) is 0. The van der Waals surface area contributed by atoms with E-state index in [2.05, 4.69) is 21.2 Å². The van der Waals surface area contributed by atoms with Crippen molar-refractivity contribution in [2.75, 3.05) is 26.3 Å². The predicted molar refractivity (Wildman–Crippen MR) is 98.6 cm³/mol. The second kappa shape index (κ2) is 8.38. The largest absolute Gasteiger partial charge is 0.379 e. The SMILES string of the molecule is O=C(NC(C(=O)c1ccccc1)N1CCOCC1)c1ccc(Br)cc1. The normalized spacial score (nSPS) is 16.2. The van der Waals surface area contributed by atoms with Crippen molar-refractivity contribution in [1.29, 1.82) is 0 Å². The molecule has 2 aromatic carbocycles. The molecular formula is C19H19BrN2O3. The van der Waals surface area contributed by atoms with Crippen LogP contribution in [0.25, 0.3) is 0 Å². The first-order valence-corrected chi connectivity index (χ1v) is 8.92. The minimum atomic E-state index is -0.706. The van der Waals surface area contributed by atoms with Crippen molar-refractivity contribution in [2.24, 2.45) is 0 Å². The maximum atomic E-state index is 13.0. The molecule has 1 heterocycles. The molecule has 1 aliphatic rings. The van der Waals surface area contributed by atoms with Gasteiger partial charge < -0.3 is 10.1 Å². The molecule has 1 atom stereocenters. The van der Waals surface area contributed by atoms with E-state index >= 15 is 0 Å². The number of hydrogen-bond donors (Lipinski definition) is 1. The van der Waals surface area contributed by atoms with Crippen molar-refractivity contribution in [3.8, 4) is 0 Å². The van der Waals surface area contributed by atoms with Gasteiger partial charge in [-0.1, -0.05) is 46.3 Å². The van der Waals surface area contributed by atoms with Gasteiger partial charge in [-0.25, -0.2) is 0 Å². The monoisotopic (exact) mass is 402 g/mol. The number of ketones is 1. The average molecular weight is 403 g/mol. The zero-order valence-corrected chi connectivity index (χ0v) is 15.2. The van der Waals surface area contributed by atoms with E-state index in [1.165, 1.54) is 0 Å². The van der Waals surface area contributed by atoms with Crippen LogP contribution in [0.2, 0.25) is 0 Å². The first-order chi connectivity index (χ1) is 12.1. The second-order valence-electron chi connectivity index (χ2n) is 5.76. The number of rotatable bonds is 5. The molecule has 1 saturated heterocycles. The Balaban J connectivity index is 1.81. The van der Waals surface area contributed by atoms with E-state index in [4.69, 9.17) is 4.74 Å². The lowest BCUT2D eigenvalue weighted by Crippen LogP contribution is -2.56. The van der Waals surface area contributed by atoms with Gasteiger partial charge in [0.25, 0.3) is 5.91 Å². The van der Waals surface area contributed by atoms with E-state index in [1.54, 1.807) is 36.4 Å². The quantitative estimate of drug-likeness (QED) is 0.781. The third-order valence-electron chi connectivity index (χ3n) is 4.09. The van der Waals surface area contributed by atoms with Crippen molar-refractivity contribution >= 4 is 27.6 Å². The maximum absolute atomic E-state index is 13.0. The van der Waals surface area contributed by atoms with Gasteiger partial charge in [0.2, 0.25) is 0 Å². The molecule has 2 aromatic rings. The molecule has 0 spiro atoms. The van der Waals surface area contributed by atoms with Crippen LogP contribution < -0.4 is 5.32 Å². The van der Waals surface area contributed by atoms with Crippen LogP contribution in [0.5, 0.6) is 0 Å². The summed E-state index contributed by atoms with van der Waals surface area (Å²) >= 11 is 3.35. The number of carbonyl (C=O) groups is 2. The summed E-state index contributed by atoms with van der Waals surface area (Å²) in [6.07, 6.45) is -0.706. The van der Waals surface area contributed by atoms with Crippen LogP contribution in [0, 0.1) is 0 Å². The van der Waals surface area contributed by atoms with Gasteiger partial charge in [0.15, 0.2) is 5.78 Å². The van der Waals surface area contributed by atoms with Crippen LogP contribution in [0.3, 0.4) is 0 Å². The fourth-order valence-corrected chi connectivity index (χ4v) is 2.99. The summed E-state index contributed by atoms with van der Waals surface area (Å²) in [4.78, 5) is 27.5. The third-order valence-corrected chi connectivity index (χ3v) is 4.62. The van der Waals surface area contributed by atoms with Crippen molar-refractivity contribution in [3.63, 3.8) is 0 Å². The Labute approximate surface area is 155 Å². The molecule has 1 amide bonds. The Morgan fingerprint density at radius 3 is 2.24 bits per heavy atom. The standard InChI is InChI=1S/C19H19BrN2O3/c20-16-8-6-15(7-9-16)19(24)21-18(22-10-12-25-13-11-22)17(23)14-4-2-1-3-5-14/h1-9,18H,10-13H2,(H,21,24). The summed E-state index contributed by atoms with van der Waals surface area (Å²) in [5, 5.41) is 2.89. The van der Waals surface area contributed by atoms with Crippen LogP contribution in [0.15, 0.2) is 59.1 Å². The molecule has 0 aromatic heterocycles. The Bertz CT molecular complexity index is 728. The van der Waals surface area contributed by atoms with Gasteiger partial charge >= 0.3 is 0 Å². The molecule has 0 bridgehead atoms. The van der Waals surface area contributed by atoms with E-state index in [-0.39, 0.29) is 11.7 Å². The third kappa shape index (κ3) is 4.54. The van der Waals surface area contributed by atoms with Crippen LogP contribution in [-0.4, -0.2) is 49.1 Å². The highest BCUT2D eigenvalue weighted by atomic mass is 79.9. The molecule has 5 nitrogen and oxygen atoms in total. The molecule has 6 heteroatoms. The minimum absolute atomic E-state index is 0.118. The molecule has 3 rings (SSSR count). The average Bonchev–Trinajstić information content (AvgIpc) is 2.67. The maximum Gasteiger partial charge on any atom is 0.252 e. The van der Waals surface area contributed by atoms with Crippen LogP contribution in [0.1, 0.15) is 20.7 Å². The lowest BCUT2D eigenvalue weighted by Gasteiger charge is -2.33. The molecule has 0 aliphatic carbocycles. The van der Waals surface area contributed by atoms with E-state index in [1.807, 2.05) is 23.1 Å². The van der Waals surface area contributed by atoms with E-state index in [0.29, 0.717) is 37.4 Å². The zero-order chi connectivity index (χ0) is 17.6. The van der Waals surface area contributed by atoms with Crippen LogP contribution >= 0.6 is 15.9 Å². The van der Waals surface area contributed by atoms with Gasteiger partial charge in [0.1, 0.15) is 6.17 Å². The molecule has 1 N–H and O–H groups in total. The van der Waals surface area contributed by atoms with Gasteiger partial charge in [-0.3, -0.25) is 14.5 Å². The van der Waals surface area contributed by atoms with Gasteiger partial charge in [-0.15, -0.1) is 0 Å². The Morgan fingerprint density at radius 2 is 1.60 bits per heavy atom. The van der Waals surface area contributed by atoms with Crippen molar-refractivity contribution in [3.05, 3.63) is 70.2 Å². The van der Waals surface area contributed by atoms with E-state index in [0.717, 1.165) is 4.47 Å². The lowest BCUT2D eigenvalue weighted by atomic mass is 10.1. The highest BCUT2D eigenvalue weighted by Gasteiger charge is 2.29. The number of nitrogens with one attached hydrogen (secondary N) is 1. The highest BCUT2D eigenvalue weighted by molar-refractivity contribution is 9.10. The van der Waals surface area contributed by atoms with E-state index in [9.17, 15) is 9.59 Å². The number of carbonyl (C=O) groups excluding carboxylic acids is 2. The molecular weight excluding hydrogens is 384 g/mol. The fraction of sp³-hybridized carbons (Fsp3) is 0.263. The van der Waals surface area contributed by atoms with Crippen molar-refractivity contribution in [2.45, 2.75) is 6.17 Å². The number of Topliss-reactive ketones (excluding diaryl/α,β-unsaturated/α-hetero) is 1. The molecule has 25 heavy (non-hydrogen) atoms. The number of benzene rings is 2. The summed E-state index contributed by atoms with van der Waals surface area (Å²) in [6.45, 7) is 2.30. The Kier molecular flexibility index (Phi) is 5.96. The second-order valence-corrected chi connectivity index (χ2v) is 6.68. The van der Waals surface area contributed by atoms with Crippen LogP contribution in [-0.2, 0) is 4.74 Å². The Morgan fingerprint density at radius 1 is 0.960 bits per heavy atom. The molecule has 0 saturated carbocycles. The summed E-state index contributed by atoms with van der Waals surface area (Å²) in [6, 6.07) is 16.1. The smallest absolute Gasteiger partial charge is 0.252 e. The summed E-state index contributed by atoms with van der Waals surface area (Å²) < 4.78 is 6.26. The zero-order valence-electron chi connectivity index (χ0n) is 13.7. The predicted octanol–water partition coefficient (Wildman–Crippen LogP) is 2.72. The van der Waals surface area contributed by atoms with Gasteiger partial charge in [-0.05, 0) is 24.3 Å². The highest BCUT2D eigenvalue weighted by Crippen LogP contribution is 2.13. The fourth-order valence-electron chi connectivity index (χ4n) is 2.73. The number of halogens is 1. The topological polar surface area (TPSA) is 58.6 Å². The van der Waals surface area contributed by atoms with Crippen molar-refractivity contribution in [1.82, 2.24) is 10.2 Å². The van der Waals surface area contributed by atoms with Gasteiger partial charge in [-0.2, -0.15) is 0 Å². The summed E-state index contributed by atoms with van der Waals surface area (Å²) in [5.41, 5.74) is 1.09. The van der Waals surface area contributed by atoms with Gasteiger partial charge in [0.05, 0.1) is 13.2 Å². The minimum Gasteiger partial charge on any atom is -0.379 e. The first-order valence-electron chi connectivity index (χ1n) is 8.12. The van der Waals surface area contributed by atoms with Gasteiger partial charge in [0, 0.05) is 28.7 Å².